The Balaban J connectivity index is 1.56. The Hall–Kier alpha value is -3.32. The van der Waals surface area contributed by atoms with Gasteiger partial charge in [0, 0.05) is 34.8 Å². The summed E-state index contributed by atoms with van der Waals surface area (Å²) in [7, 11) is 0. The number of ether oxygens (including phenoxy) is 1. The van der Waals surface area contributed by atoms with E-state index in [1.807, 2.05) is 62.4 Å². The van der Waals surface area contributed by atoms with Crippen molar-refractivity contribution in [2.24, 2.45) is 0 Å². The fourth-order valence-corrected chi connectivity index (χ4v) is 3.04. The molecule has 0 unspecified atom stereocenters. The number of nitrogens with one attached hydrogen (secondary N) is 1. The van der Waals surface area contributed by atoms with Gasteiger partial charge in [0.05, 0.1) is 12.1 Å². The Bertz CT molecular complexity index is 1050. The van der Waals surface area contributed by atoms with Gasteiger partial charge in [-0.15, -0.1) is 11.8 Å². The number of amides is 1. The van der Waals surface area contributed by atoms with Gasteiger partial charge in [-0.05, 0) is 69.5 Å². The van der Waals surface area contributed by atoms with Crippen molar-refractivity contribution in [3.05, 3.63) is 65.9 Å². The summed E-state index contributed by atoms with van der Waals surface area (Å²) in [5.41, 5.74) is 3.16. The molecule has 1 N–H and O–H groups in total. The maximum atomic E-state index is 12.6. The zero-order chi connectivity index (χ0) is 20.5. The van der Waals surface area contributed by atoms with Gasteiger partial charge < -0.3 is 10.1 Å². The molecule has 3 rings (SSSR count). The van der Waals surface area contributed by atoms with Crippen LogP contribution in [-0.2, 0) is 0 Å². The molecule has 0 saturated carbocycles. The molecule has 1 aromatic heterocycles. The predicted octanol–water partition coefficient (Wildman–Crippen LogP) is 5.76. The topological polar surface area (TPSA) is 51.2 Å². The van der Waals surface area contributed by atoms with Crippen LogP contribution in [0, 0.1) is 18.8 Å². The highest BCUT2D eigenvalue weighted by molar-refractivity contribution is 6.06. The zero-order valence-electron chi connectivity index (χ0n) is 17.0. The summed E-state index contributed by atoms with van der Waals surface area (Å²) in [5.74, 6) is 6.59. The minimum Gasteiger partial charge on any atom is -0.494 e. The number of hydrogen-bond donors (Lipinski definition) is 1. The largest absolute Gasteiger partial charge is 0.494 e. The van der Waals surface area contributed by atoms with E-state index in [2.05, 4.69) is 22.1 Å². The summed E-state index contributed by atoms with van der Waals surface area (Å²) in [6, 6.07) is 17.0. The number of aromatic nitrogens is 1. The molecule has 0 radical (unpaired) electrons. The van der Waals surface area contributed by atoms with E-state index < -0.39 is 0 Å². The fourth-order valence-electron chi connectivity index (χ4n) is 3.04. The van der Waals surface area contributed by atoms with Crippen molar-refractivity contribution in [2.45, 2.75) is 39.5 Å². The highest BCUT2D eigenvalue weighted by Gasteiger charge is 2.08. The Morgan fingerprint density at radius 1 is 1.07 bits per heavy atom. The van der Waals surface area contributed by atoms with Crippen LogP contribution < -0.4 is 10.1 Å². The number of aryl methyl sites for hydroxylation is 1. The van der Waals surface area contributed by atoms with Crippen LogP contribution in [0.15, 0.2) is 54.6 Å². The lowest BCUT2D eigenvalue weighted by Crippen LogP contribution is -2.12. The predicted molar refractivity (Wildman–Crippen MR) is 118 cm³/mol. The SMILES string of the molecule is CC#CCCCCCOc1cccc(NC(=O)c2ccc3nc(C)ccc3c2)c1. The van der Waals surface area contributed by atoms with E-state index in [1.54, 1.807) is 6.07 Å². The van der Waals surface area contributed by atoms with Crippen LogP contribution in [0.1, 0.15) is 48.7 Å². The maximum absolute atomic E-state index is 12.6. The Labute approximate surface area is 172 Å². The summed E-state index contributed by atoms with van der Waals surface area (Å²) < 4.78 is 5.81. The summed E-state index contributed by atoms with van der Waals surface area (Å²) in [6.45, 7) is 4.48. The van der Waals surface area contributed by atoms with Crippen LogP contribution in [0.4, 0.5) is 5.69 Å². The number of fused-ring (bicyclic) bond motifs is 1. The molecule has 0 saturated heterocycles. The Morgan fingerprint density at radius 2 is 1.97 bits per heavy atom. The first-order valence-electron chi connectivity index (χ1n) is 9.97. The number of unbranched alkanes of at least 4 members (excludes halogenated alkanes) is 3. The smallest absolute Gasteiger partial charge is 0.255 e. The third-order valence-corrected chi connectivity index (χ3v) is 4.57. The lowest BCUT2D eigenvalue weighted by atomic mass is 10.1. The van der Waals surface area contributed by atoms with Gasteiger partial charge in [-0.3, -0.25) is 9.78 Å². The lowest BCUT2D eigenvalue weighted by molar-refractivity contribution is 0.102. The van der Waals surface area contributed by atoms with Gasteiger partial charge in [0.15, 0.2) is 0 Å². The molecule has 1 heterocycles. The van der Waals surface area contributed by atoms with Crippen LogP contribution in [0.5, 0.6) is 5.75 Å². The van der Waals surface area contributed by atoms with Gasteiger partial charge in [-0.25, -0.2) is 0 Å². The number of benzene rings is 2. The molecule has 1 amide bonds. The Kier molecular flexibility index (Phi) is 7.24. The van der Waals surface area contributed by atoms with E-state index in [9.17, 15) is 4.79 Å². The van der Waals surface area contributed by atoms with Crippen molar-refractivity contribution in [2.75, 3.05) is 11.9 Å². The van der Waals surface area contributed by atoms with E-state index in [1.165, 1.54) is 0 Å². The number of hydrogen-bond acceptors (Lipinski definition) is 3. The third kappa shape index (κ3) is 6.08. The van der Waals surface area contributed by atoms with Crippen LogP contribution in [0.2, 0.25) is 0 Å². The molecule has 0 bridgehead atoms. The minimum absolute atomic E-state index is 0.151. The van der Waals surface area contributed by atoms with E-state index in [0.29, 0.717) is 17.9 Å². The standard InChI is InChI=1S/C25H26N2O2/c1-3-4-5-6-7-8-16-29-23-11-9-10-22(18-23)27-25(28)21-14-15-24-20(17-21)13-12-19(2)26-24/h9-15,17-18H,5-8,16H2,1-2H3,(H,27,28). The highest BCUT2D eigenvalue weighted by Crippen LogP contribution is 2.20. The van der Waals surface area contributed by atoms with Crippen molar-refractivity contribution >= 4 is 22.5 Å². The molecular weight excluding hydrogens is 360 g/mol. The molecule has 0 aliphatic carbocycles. The van der Waals surface area contributed by atoms with E-state index in [4.69, 9.17) is 4.74 Å². The van der Waals surface area contributed by atoms with Gasteiger partial charge >= 0.3 is 0 Å². The molecule has 0 aliphatic rings. The second kappa shape index (κ2) is 10.3. The van der Waals surface area contributed by atoms with E-state index in [-0.39, 0.29) is 5.91 Å². The summed E-state index contributed by atoms with van der Waals surface area (Å²) >= 11 is 0. The first kappa shape index (κ1) is 20.4. The second-order valence-electron chi connectivity index (χ2n) is 6.93. The molecular formula is C25H26N2O2. The van der Waals surface area contributed by atoms with Gasteiger partial charge in [0.1, 0.15) is 5.75 Å². The van der Waals surface area contributed by atoms with Crippen molar-refractivity contribution in [1.82, 2.24) is 4.98 Å². The van der Waals surface area contributed by atoms with E-state index in [0.717, 1.165) is 48.0 Å². The number of carbonyl (C=O) groups excluding carboxylic acids is 1. The van der Waals surface area contributed by atoms with Gasteiger partial charge in [0.2, 0.25) is 0 Å². The minimum atomic E-state index is -0.151. The number of pyridine rings is 1. The average Bonchev–Trinajstić information content (AvgIpc) is 2.73. The first-order chi connectivity index (χ1) is 14.2. The molecule has 0 aliphatic heterocycles. The summed E-state index contributed by atoms with van der Waals surface area (Å²) in [5, 5.41) is 3.89. The van der Waals surface area contributed by atoms with E-state index >= 15 is 0 Å². The molecule has 0 fully saturated rings. The third-order valence-electron chi connectivity index (χ3n) is 4.57. The number of carbonyl (C=O) groups is 1. The quantitative estimate of drug-likeness (QED) is 0.396. The lowest BCUT2D eigenvalue weighted by Gasteiger charge is -2.10. The number of rotatable bonds is 8. The molecule has 4 heteroatoms. The summed E-state index contributed by atoms with van der Waals surface area (Å²) in [6.07, 6.45) is 4.14. The normalized spacial score (nSPS) is 10.3. The molecule has 148 valence electrons. The number of anilines is 1. The van der Waals surface area contributed by atoms with Crippen molar-refractivity contribution in [1.29, 1.82) is 0 Å². The van der Waals surface area contributed by atoms with Gasteiger partial charge in [-0.2, -0.15) is 0 Å². The molecule has 2 aromatic carbocycles. The number of nitrogens with zero attached hydrogens (tertiary/aromatic N) is 1. The van der Waals surface area contributed by atoms with Crippen LogP contribution in [-0.4, -0.2) is 17.5 Å². The molecule has 0 spiro atoms. The van der Waals surface area contributed by atoms with Crippen molar-refractivity contribution in [3.63, 3.8) is 0 Å². The molecule has 0 atom stereocenters. The fraction of sp³-hybridized carbons (Fsp3) is 0.280. The van der Waals surface area contributed by atoms with Crippen LogP contribution in [0.3, 0.4) is 0 Å². The zero-order valence-corrected chi connectivity index (χ0v) is 17.0. The van der Waals surface area contributed by atoms with Crippen molar-refractivity contribution < 1.29 is 9.53 Å². The highest BCUT2D eigenvalue weighted by atomic mass is 16.5. The molecule has 3 aromatic rings. The van der Waals surface area contributed by atoms with Gasteiger partial charge in [-0.1, -0.05) is 12.1 Å². The van der Waals surface area contributed by atoms with Crippen molar-refractivity contribution in [3.8, 4) is 17.6 Å². The van der Waals surface area contributed by atoms with Crippen LogP contribution >= 0.6 is 0 Å². The van der Waals surface area contributed by atoms with Gasteiger partial charge in [0.25, 0.3) is 5.91 Å². The second-order valence-corrected chi connectivity index (χ2v) is 6.93. The monoisotopic (exact) mass is 386 g/mol. The Morgan fingerprint density at radius 3 is 2.83 bits per heavy atom. The molecule has 4 nitrogen and oxygen atoms in total. The maximum Gasteiger partial charge on any atom is 0.255 e. The van der Waals surface area contributed by atoms with Crippen LogP contribution in [0.25, 0.3) is 10.9 Å². The summed E-state index contributed by atoms with van der Waals surface area (Å²) in [4.78, 5) is 17.1. The molecule has 29 heavy (non-hydrogen) atoms. The average molecular weight is 386 g/mol. The first-order valence-corrected chi connectivity index (χ1v) is 9.97.